The molecule has 0 saturated heterocycles. The van der Waals surface area contributed by atoms with Gasteiger partial charge in [-0.15, -0.1) is 0 Å². The van der Waals surface area contributed by atoms with Gasteiger partial charge in [-0.25, -0.2) is 4.39 Å². The molecule has 0 aliphatic carbocycles. The van der Waals surface area contributed by atoms with E-state index in [0.717, 1.165) is 9.13 Å². The van der Waals surface area contributed by atoms with Crippen molar-refractivity contribution in [2.75, 3.05) is 0 Å². The SMILES string of the molecule is NNC(Cc1ccccc1F)c1cccc(I)c1. The Bertz CT molecular complexity index is 531. The number of halogens is 2. The summed E-state index contributed by atoms with van der Waals surface area (Å²) in [5.41, 5.74) is 4.48. The first-order chi connectivity index (χ1) is 8.70. The minimum absolute atomic E-state index is 0.0865. The van der Waals surface area contributed by atoms with Crippen LogP contribution in [0.5, 0.6) is 0 Å². The van der Waals surface area contributed by atoms with Crippen LogP contribution in [0.25, 0.3) is 0 Å². The highest BCUT2D eigenvalue weighted by molar-refractivity contribution is 14.1. The first-order valence-electron chi connectivity index (χ1n) is 5.65. The number of benzene rings is 2. The van der Waals surface area contributed by atoms with Crippen molar-refractivity contribution in [3.8, 4) is 0 Å². The molecule has 18 heavy (non-hydrogen) atoms. The summed E-state index contributed by atoms with van der Waals surface area (Å²) >= 11 is 2.25. The van der Waals surface area contributed by atoms with E-state index >= 15 is 0 Å². The summed E-state index contributed by atoms with van der Waals surface area (Å²) < 4.78 is 14.7. The summed E-state index contributed by atoms with van der Waals surface area (Å²) in [5.74, 6) is 5.39. The lowest BCUT2D eigenvalue weighted by Crippen LogP contribution is -2.29. The van der Waals surface area contributed by atoms with Crippen molar-refractivity contribution in [3.63, 3.8) is 0 Å². The molecule has 0 aromatic heterocycles. The third kappa shape index (κ3) is 3.28. The third-order valence-electron chi connectivity index (χ3n) is 2.83. The van der Waals surface area contributed by atoms with E-state index in [9.17, 15) is 4.39 Å². The van der Waals surface area contributed by atoms with Crippen molar-refractivity contribution in [3.05, 3.63) is 69.0 Å². The van der Waals surface area contributed by atoms with Crippen molar-refractivity contribution in [1.29, 1.82) is 0 Å². The monoisotopic (exact) mass is 356 g/mol. The maximum atomic E-state index is 13.6. The van der Waals surface area contributed by atoms with Crippen molar-refractivity contribution in [2.45, 2.75) is 12.5 Å². The molecular formula is C14H14FIN2. The smallest absolute Gasteiger partial charge is 0.126 e. The molecule has 2 nitrogen and oxygen atoms in total. The molecule has 94 valence electrons. The second-order valence-corrected chi connectivity index (χ2v) is 5.32. The molecule has 2 rings (SSSR count). The quantitative estimate of drug-likeness (QED) is 0.502. The Morgan fingerprint density at radius 3 is 2.61 bits per heavy atom. The van der Waals surface area contributed by atoms with E-state index in [4.69, 9.17) is 5.84 Å². The molecule has 0 saturated carbocycles. The Balaban J connectivity index is 2.23. The molecule has 0 bridgehead atoms. The topological polar surface area (TPSA) is 38.0 Å². The van der Waals surface area contributed by atoms with Crippen LogP contribution in [0.2, 0.25) is 0 Å². The van der Waals surface area contributed by atoms with Gasteiger partial charge >= 0.3 is 0 Å². The molecule has 3 N–H and O–H groups in total. The van der Waals surface area contributed by atoms with Crippen molar-refractivity contribution >= 4 is 22.6 Å². The molecule has 0 spiro atoms. The van der Waals surface area contributed by atoms with Gasteiger partial charge in [0.2, 0.25) is 0 Å². The van der Waals surface area contributed by atoms with Gasteiger partial charge in [-0.3, -0.25) is 11.3 Å². The van der Waals surface area contributed by atoms with Crippen molar-refractivity contribution in [2.24, 2.45) is 5.84 Å². The highest BCUT2D eigenvalue weighted by Gasteiger charge is 2.13. The molecule has 2 aromatic carbocycles. The van der Waals surface area contributed by atoms with Gasteiger partial charge in [-0.2, -0.15) is 0 Å². The molecule has 0 fully saturated rings. The Hall–Kier alpha value is -0.980. The van der Waals surface area contributed by atoms with Gasteiger partial charge < -0.3 is 0 Å². The summed E-state index contributed by atoms with van der Waals surface area (Å²) in [6.45, 7) is 0. The summed E-state index contributed by atoms with van der Waals surface area (Å²) in [6, 6.07) is 14.7. The lowest BCUT2D eigenvalue weighted by atomic mass is 9.99. The maximum absolute atomic E-state index is 13.6. The van der Waals surface area contributed by atoms with E-state index in [0.29, 0.717) is 12.0 Å². The zero-order chi connectivity index (χ0) is 13.0. The highest BCUT2D eigenvalue weighted by atomic mass is 127. The third-order valence-corrected chi connectivity index (χ3v) is 3.51. The first-order valence-corrected chi connectivity index (χ1v) is 6.73. The lowest BCUT2D eigenvalue weighted by molar-refractivity contribution is 0.529. The van der Waals surface area contributed by atoms with Crippen molar-refractivity contribution < 1.29 is 4.39 Å². The second kappa shape index (κ2) is 6.26. The summed E-state index contributed by atoms with van der Waals surface area (Å²) in [4.78, 5) is 0. The normalized spacial score (nSPS) is 12.4. The average Bonchev–Trinajstić information content (AvgIpc) is 2.38. The van der Waals surface area contributed by atoms with Crippen LogP contribution < -0.4 is 11.3 Å². The van der Waals surface area contributed by atoms with Gasteiger partial charge in [-0.1, -0.05) is 30.3 Å². The Labute approximate surface area is 120 Å². The van der Waals surface area contributed by atoms with E-state index in [1.165, 1.54) is 6.07 Å². The van der Waals surface area contributed by atoms with Gasteiger partial charge in [0.1, 0.15) is 5.82 Å². The van der Waals surface area contributed by atoms with Crippen LogP contribution in [0.1, 0.15) is 17.2 Å². The molecular weight excluding hydrogens is 342 g/mol. The zero-order valence-corrected chi connectivity index (χ0v) is 11.9. The van der Waals surface area contributed by atoms with E-state index in [1.54, 1.807) is 12.1 Å². The standard InChI is InChI=1S/C14H14FIN2/c15-13-7-2-1-4-10(13)9-14(18-17)11-5-3-6-12(16)8-11/h1-8,14,18H,9,17H2. The van der Waals surface area contributed by atoms with E-state index in [1.807, 2.05) is 30.3 Å². The summed E-state index contributed by atoms with van der Waals surface area (Å²) in [5, 5.41) is 0. The second-order valence-electron chi connectivity index (χ2n) is 4.07. The molecule has 0 amide bonds. The minimum Gasteiger partial charge on any atom is -0.271 e. The van der Waals surface area contributed by atoms with Gasteiger partial charge in [-0.05, 0) is 58.3 Å². The molecule has 4 heteroatoms. The van der Waals surface area contributed by atoms with Gasteiger partial charge in [0.15, 0.2) is 0 Å². The summed E-state index contributed by atoms with van der Waals surface area (Å²) in [6.07, 6.45) is 0.531. The Kier molecular flexibility index (Phi) is 4.68. The van der Waals surface area contributed by atoms with E-state index in [2.05, 4.69) is 28.0 Å². The Morgan fingerprint density at radius 1 is 1.17 bits per heavy atom. The Morgan fingerprint density at radius 2 is 1.94 bits per heavy atom. The minimum atomic E-state index is -0.191. The highest BCUT2D eigenvalue weighted by Crippen LogP contribution is 2.21. The largest absolute Gasteiger partial charge is 0.271 e. The van der Waals surface area contributed by atoms with Crippen molar-refractivity contribution in [1.82, 2.24) is 5.43 Å². The molecule has 0 aliphatic rings. The number of hydrogen-bond donors (Lipinski definition) is 2. The van der Waals surface area contributed by atoms with Gasteiger partial charge in [0.25, 0.3) is 0 Å². The molecule has 0 heterocycles. The number of rotatable bonds is 4. The first kappa shape index (κ1) is 13.5. The summed E-state index contributed by atoms with van der Waals surface area (Å²) in [7, 11) is 0. The average molecular weight is 356 g/mol. The van der Waals surface area contributed by atoms with Crippen LogP contribution in [0.4, 0.5) is 4.39 Å². The number of hydrazine groups is 1. The van der Waals surface area contributed by atoms with E-state index < -0.39 is 0 Å². The van der Waals surface area contributed by atoms with Gasteiger partial charge in [0, 0.05) is 3.57 Å². The molecule has 1 atom stereocenters. The van der Waals surface area contributed by atoms with E-state index in [-0.39, 0.29) is 11.9 Å². The fraction of sp³-hybridized carbons (Fsp3) is 0.143. The number of hydrogen-bond acceptors (Lipinski definition) is 2. The molecule has 1 unspecified atom stereocenters. The van der Waals surface area contributed by atoms with Crippen LogP contribution >= 0.6 is 22.6 Å². The van der Waals surface area contributed by atoms with Crippen LogP contribution in [-0.2, 0) is 6.42 Å². The lowest BCUT2D eigenvalue weighted by Gasteiger charge is -2.17. The molecule has 0 aliphatic heterocycles. The van der Waals surface area contributed by atoms with Crippen LogP contribution in [-0.4, -0.2) is 0 Å². The maximum Gasteiger partial charge on any atom is 0.126 e. The predicted octanol–water partition coefficient (Wildman–Crippen LogP) is 3.18. The fourth-order valence-electron chi connectivity index (χ4n) is 1.88. The zero-order valence-electron chi connectivity index (χ0n) is 9.74. The van der Waals surface area contributed by atoms with Crippen LogP contribution in [0.3, 0.4) is 0 Å². The van der Waals surface area contributed by atoms with Gasteiger partial charge in [0.05, 0.1) is 6.04 Å². The number of nitrogens with one attached hydrogen (secondary N) is 1. The van der Waals surface area contributed by atoms with Crippen LogP contribution in [0, 0.1) is 9.39 Å². The molecule has 2 aromatic rings. The number of nitrogens with two attached hydrogens (primary N) is 1. The fourth-order valence-corrected chi connectivity index (χ4v) is 2.45. The predicted molar refractivity (Wildman–Crippen MR) is 79.3 cm³/mol. The molecule has 0 radical (unpaired) electrons. The van der Waals surface area contributed by atoms with Crippen LogP contribution in [0.15, 0.2) is 48.5 Å².